The Bertz CT molecular complexity index is 329. The average molecular weight is 185 g/mol. The topological polar surface area (TPSA) is 43.4 Å². The van der Waals surface area contributed by atoms with Gasteiger partial charge in [-0.3, -0.25) is 4.18 Å². The van der Waals surface area contributed by atoms with Gasteiger partial charge >= 0.3 is 0 Å². The summed E-state index contributed by atoms with van der Waals surface area (Å²) >= 11 is 0. The quantitative estimate of drug-likeness (QED) is 0.665. The molecule has 65 valence electrons. The van der Waals surface area contributed by atoms with Crippen LogP contribution in [0.5, 0.6) is 0 Å². The van der Waals surface area contributed by atoms with E-state index in [0.717, 1.165) is 0 Å². The summed E-state index contributed by atoms with van der Waals surface area (Å²) in [5, 5.41) is 0. The van der Waals surface area contributed by atoms with Crippen molar-refractivity contribution in [2.75, 3.05) is 6.61 Å². The molecule has 0 aliphatic heterocycles. The minimum Gasteiger partial charge on any atom is -0.266 e. The molecule has 0 atom stereocenters. The molecule has 0 fully saturated rings. The van der Waals surface area contributed by atoms with E-state index in [1.165, 1.54) is 12.1 Å². The van der Waals surface area contributed by atoms with Gasteiger partial charge < -0.3 is 0 Å². The highest BCUT2D eigenvalue weighted by Crippen LogP contribution is 2.10. The molecule has 0 aliphatic rings. The van der Waals surface area contributed by atoms with Gasteiger partial charge in [0.25, 0.3) is 10.1 Å². The Kier molecular flexibility index (Phi) is 2.83. The van der Waals surface area contributed by atoms with Gasteiger partial charge in [-0.25, -0.2) is 0 Å². The van der Waals surface area contributed by atoms with Crippen LogP contribution in [0.15, 0.2) is 35.2 Å². The normalized spacial score (nSPS) is 11.4. The van der Waals surface area contributed by atoms with Crippen LogP contribution >= 0.6 is 0 Å². The maximum Gasteiger partial charge on any atom is 0.296 e. The molecule has 0 amide bonds. The van der Waals surface area contributed by atoms with E-state index in [2.05, 4.69) is 11.1 Å². The Morgan fingerprint density at radius 2 is 1.83 bits per heavy atom. The fourth-order valence-corrected chi connectivity index (χ4v) is 1.61. The van der Waals surface area contributed by atoms with Crippen molar-refractivity contribution in [3.8, 4) is 0 Å². The van der Waals surface area contributed by atoms with Crippen LogP contribution in [0.25, 0.3) is 0 Å². The maximum atomic E-state index is 11.2. The van der Waals surface area contributed by atoms with Crippen LogP contribution in [-0.2, 0) is 14.3 Å². The third-order valence-corrected chi connectivity index (χ3v) is 2.60. The molecule has 3 nitrogen and oxygen atoms in total. The molecule has 0 unspecified atom stereocenters. The second-order valence-electron chi connectivity index (χ2n) is 2.09. The van der Waals surface area contributed by atoms with E-state index in [9.17, 15) is 8.42 Å². The smallest absolute Gasteiger partial charge is 0.266 e. The van der Waals surface area contributed by atoms with Crippen molar-refractivity contribution < 1.29 is 12.6 Å². The summed E-state index contributed by atoms with van der Waals surface area (Å²) in [6.07, 6.45) is 0. The van der Waals surface area contributed by atoms with Crippen molar-refractivity contribution in [1.29, 1.82) is 0 Å². The summed E-state index contributed by atoms with van der Waals surface area (Å²) < 4.78 is 26.8. The minimum atomic E-state index is -3.57. The SMILES string of the molecule is [CH2]COS(=O)(=O)c1ccccc1. The van der Waals surface area contributed by atoms with Gasteiger partial charge in [-0.2, -0.15) is 8.42 Å². The van der Waals surface area contributed by atoms with E-state index < -0.39 is 10.1 Å². The summed E-state index contributed by atoms with van der Waals surface area (Å²) in [4.78, 5) is 0.161. The second kappa shape index (κ2) is 3.69. The molecular weight excluding hydrogens is 176 g/mol. The first kappa shape index (κ1) is 9.22. The number of benzene rings is 1. The monoisotopic (exact) mass is 185 g/mol. The largest absolute Gasteiger partial charge is 0.296 e. The van der Waals surface area contributed by atoms with Crippen LogP contribution in [0.2, 0.25) is 0 Å². The third-order valence-electron chi connectivity index (χ3n) is 1.27. The van der Waals surface area contributed by atoms with Crippen LogP contribution in [0, 0.1) is 6.92 Å². The van der Waals surface area contributed by atoms with Gasteiger partial charge in [0.15, 0.2) is 0 Å². The van der Waals surface area contributed by atoms with Crippen LogP contribution < -0.4 is 0 Å². The molecule has 12 heavy (non-hydrogen) atoms. The highest BCUT2D eigenvalue weighted by atomic mass is 32.2. The summed E-state index contributed by atoms with van der Waals surface area (Å²) in [7, 11) is -3.57. The summed E-state index contributed by atoms with van der Waals surface area (Å²) in [6, 6.07) is 7.97. The van der Waals surface area contributed by atoms with Crippen LogP contribution in [0.4, 0.5) is 0 Å². The maximum absolute atomic E-state index is 11.2. The van der Waals surface area contributed by atoms with Crippen molar-refractivity contribution in [2.45, 2.75) is 4.90 Å². The first-order valence-electron chi connectivity index (χ1n) is 3.40. The first-order valence-corrected chi connectivity index (χ1v) is 4.81. The zero-order chi connectivity index (χ0) is 9.03. The Labute approximate surface area is 72.1 Å². The van der Waals surface area contributed by atoms with Crippen molar-refractivity contribution in [1.82, 2.24) is 0 Å². The number of rotatable bonds is 3. The fraction of sp³-hybridized carbons (Fsp3) is 0.125. The van der Waals surface area contributed by atoms with E-state index in [4.69, 9.17) is 0 Å². The Balaban J connectivity index is 2.99. The zero-order valence-electron chi connectivity index (χ0n) is 6.43. The van der Waals surface area contributed by atoms with Crippen molar-refractivity contribution in [3.63, 3.8) is 0 Å². The highest BCUT2D eigenvalue weighted by Gasteiger charge is 2.12. The molecule has 0 saturated heterocycles. The van der Waals surface area contributed by atoms with Crippen LogP contribution in [0.3, 0.4) is 0 Å². The molecule has 1 aromatic rings. The molecule has 1 rings (SSSR count). The lowest BCUT2D eigenvalue weighted by atomic mass is 10.4. The molecule has 0 aliphatic carbocycles. The first-order chi connectivity index (χ1) is 5.67. The van der Waals surface area contributed by atoms with Gasteiger partial charge in [0.05, 0.1) is 11.5 Å². The fourth-order valence-electron chi connectivity index (χ4n) is 0.765. The second-order valence-corrected chi connectivity index (χ2v) is 3.70. The number of hydrogen-bond donors (Lipinski definition) is 0. The Morgan fingerprint density at radius 3 is 2.33 bits per heavy atom. The van der Waals surface area contributed by atoms with Crippen LogP contribution in [0.1, 0.15) is 0 Å². The molecule has 1 radical (unpaired) electrons. The lowest BCUT2D eigenvalue weighted by Gasteiger charge is -2.01. The van der Waals surface area contributed by atoms with Crippen molar-refractivity contribution >= 4 is 10.1 Å². The van der Waals surface area contributed by atoms with E-state index in [0.29, 0.717) is 0 Å². The average Bonchev–Trinajstić information content (AvgIpc) is 2.06. The van der Waals surface area contributed by atoms with E-state index in [-0.39, 0.29) is 11.5 Å². The summed E-state index contributed by atoms with van der Waals surface area (Å²) in [6.45, 7) is 3.21. The molecule has 0 spiro atoms. The zero-order valence-corrected chi connectivity index (χ0v) is 7.25. The van der Waals surface area contributed by atoms with Crippen molar-refractivity contribution in [2.24, 2.45) is 0 Å². The summed E-state index contributed by atoms with van der Waals surface area (Å²) in [5.41, 5.74) is 0. The molecule has 0 bridgehead atoms. The highest BCUT2D eigenvalue weighted by molar-refractivity contribution is 7.86. The van der Waals surface area contributed by atoms with Gasteiger partial charge in [0.2, 0.25) is 0 Å². The molecule has 0 N–H and O–H groups in total. The van der Waals surface area contributed by atoms with Gasteiger partial charge in [-0.15, -0.1) is 0 Å². The third kappa shape index (κ3) is 2.06. The molecule has 1 aromatic carbocycles. The lowest BCUT2D eigenvalue weighted by Crippen LogP contribution is -2.05. The Morgan fingerprint density at radius 1 is 1.25 bits per heavy atom. The molecule has 4 heteroatoms. The predicted molar refractivity (Wildman–Crippen MR) is 44.9 cm³/mol. The molecule has 0 saturated carbocycles. The minimum absolute atomic E-state index is 0.0861. The van der Waals surface area contributed by atoms with E-state index >= 15 is 0 Å². The number of hydrogen-bond acceptors (Lipinski definition) is 3. The van der Waals surface area contributed by atoms with Gasteiger partial charge in [-0.05, 0) is 19.1 Å². The van der Waals surface area contributed by atoms with Gasteiger partial charge in [0, 0.05) is 0 Å². The molecular formula is C8H9O3S. The lowest BCUT2D eigenvalue weighted by molar-refractivity contribution is 0.355. The summed E-state index contributed by atoms with van der Waals surface area (Å²) in [5.74, 6) is 0. The van der Waals surface area contributed by atoms with Gasteiger partial charge in [0.1, 0.15) is 0 Å². The van der Waals surface area contributed by atoms with Crippen LogP contribution in [-0.4, -0.2) is 15.0 Å². The van der Waals surface area contributed by atoms with Gasteiger partial charge in [-0.1, -0.05) is 18.2 Å². The molecule has 0 heterocycles. The Hall–Kier alpha value is -0.870. The molecule has 0 aromatic heterocycles. The van der Waals surface area contributed by atoms with E-state index in [1.807, 2.05) is 0 Å². The van der Waals surface area contributed by atoms with Crippen molar-refractivity contribution in [3.05, 3.63) is 37.3 Å². The predicted octanol–water partition coefficient (Wildman–Crippen LogP) is 1.23. The standard InChI is InChI=1S/C8H9O3S/c1-2-11-12(9,10)8-6-4-3-5-7-8/h3-7H,1-2H2. The van der Waals surface area contributed by atoms with E-state index in [1.54, 1.807) is 18.2 Å².